The van der Waals surface area contributed by atoms with Crippen LogP contribution in [-0.2, 0) is 4.79 Å². The molecule has 0 spiro atoms. The van der Waals surface area contributed by atoms with Crippen LogP contribution in [-0.4, -0.2) is 51.7 Å². The number of aromatic nitrogens is 2. The molecule has 0 saturated carbocycles. The van der Waals surface area contributed by atoms with Crippen molar-refractivity contribution < 1.29 is 14.7 Å². The molecule has 7 heteroatoms. The second-order valence-corrected chi connectivity index (χ2v) is 3.85. The molecule has 2 N–H and O–H groups in total. The van der Waals surface area contributed by atoms with Gasteiger partial charge in [0.2, 0.25) is 5.91 Å². The van der Waals surface area contributed by atoms with Crippen LogP contribution in [0.3, 0.4) is 0 Å². The number of carbonyl (C=O) groups is 2. The second kappa shape index (κ2) is 7.30. The average Bonchev–Trinajstić information content (AvgIpc) is 2.40. The van der Waals surface area contributed by atoms with Gasteiger partial charge in [0.1, 0.15) is 5.82 Å². The van der Waals surface area contributed by atoms with Gasteiger partial charge in [-0.05, 0) is 26.0 Å². The molecule has 0 aliphatic carbocycles. The number of nitrogens with one attached hydrogen (secondary N) is 1. The van der Waals surface area contributed by atoms with Crippen molar-refractivity contribution in [2.75, 3.05) is 25.0 Å². The Balaban J connectivity index is 2.41. The summed E-state index contributed by atoms with van der Waals surface area (Å²) in [5.74, 6) is -0.583. The Hall–Kier alpha value is -2.18. The topological polar surface area (TPSA) is 95.4 Å². The third-order valence-electron chi connectivity index (χ3n) is 2.64. The van der Waals surface area contributed by atoms with E-state index in [-0.39, 0.29) is 11.6 Å². The van der Waals surface area contributed by atoms with E-state index >= 15 is 0 Å². The molecule has 1 aromatic heterocycles. The first-order valence-corrected chi connectivity index (χ1v) is 6.17. The molecular formula is C12H18N4O3. The first-order chi connectivity index (χ1) is 9.08. The molecule has 1 amide bonds. The molecule has 0 fully saturated rings. The minimum absolute atomic E-state index is 0.0765. The summed E-state index contributed by atoms with van der Waals surface area (Å²) in [4.78, 5) is 24.0. The lowest BCUT2D eigenvalue weighted by Gasteiger charge is -2.18. The molecule has 19 heavy (non-hydrogen) atoms. The maximum Gasteiger partial charge on any atom is 0.356 e. The minimum atomic E-state index is -1.12. The van der Waals surface area contributed by atoms with Crippen molar-refractivity contribution in [3.8, 4) is 0 Å². The molecule has 1 rings (SSSR count). The van der Waals surface area contributed by atoms with E-state index in [1.54, 1.807) is 4.90 Å². The number of amides is 1. The number of anilines is 1. The number of carboxylic acids is 1. The molecule has 0 aliphatic heterocycles. The van der Waals surface area contributed by atoms with Crippen LogP contribution in [0.25, 0.3) is 0 Å². The van der Waals surface area contributed by atoms with Gasteiger partial charge in [0.15, 0.2) is 5.69 Å². The summed E-state index contributed by atoms with van der Waals surface area (Å²) in [6.45, 7) is 5.71. The normalized spacial score (nSPS) is 10.0. The fourth-order valence-corrected chi connectivity index (χ4v) is 1.57. The predicted molar refractivity (Wildman–Crippen MR) is 70.0 cm³/mol. The van der Waals surface area contributed by atoms with Crippen LogP contribution in [0, 0.1) is 0 Å². The van der Waals surface area contributed by atoms with E-state index in [1.165, 1.54) is 12.1 Å². The van der Waals surface area contributed by atoms with Crippen molar-refractivity contribution in [2.24, 2.45) is 0 Å². The monoisotopic (exact) mass is 266 g/mol. The lowest BCUT2D eigenvalue weighted by Crippen LogP contribution is -2.31. The quantitative estimate of drug-likeness (QED) is 0.759. The summed E-state index contributed by atoms with van der Waals surface area (Å²) >= 11 is 0. The van der Waals surface area contributed by atoms with Gasteiger partial charge in [0, 0.05) is 26.1 Å². The molecule has 7 nitrogen and oxygen atoms in total. The Morgan fingerprint density at radius 1 is 1.26 bits per heavy atom. The molecule has 1 heterocycles. The highest BCUT2D eigenvalue weighted by molar-refractivity contribution is 5.85. The zero-order chi connectivity index (χ0) is 14.3. The van der Waals surface area contributed by atoms with E-state index < -0.39 is 5.97 Å². The standard InChI is InChI=1S/C12H18N4O3/c1-3-16(4-2)11(17)7-8-13-10-6-5-9(12(18)19)14-15-10/h5-6H,3-4,7-8H2,1-2H3,(H,13,15)(H,18,19). The van der Waals surface area contributed by atoms with E-state index in [9.17, 15) is 9.59 Å². The lowest BCUT2D eigenvalue weighted by molar-refractivity contribution is -0.130. The molecular weight excluding hydrogens is 248 g/mol. The van der Waals surface area contributed by atoms with Gasteiger partial charge in [-0.3, -0.25) is 4.79 Å². The number of carboxylic acid groups (broad SMARTS) is 1. The summed E-state index contributed by atoms with van der Waals surface area (Å²) in [5.41, 5.74) is -0.107. The number of carbonyl (C=O) groups excluding carboxylic acids is 1. The Morgan fingerprint density at radius 3 is 2.42 bits per heavy atom. The molecule has 1 aromatic rings. The number of nitrogens with zero attached hydrogens (tertiary/aromatic N) is 3. The first-order valence-electron chi connectivity index (χ1n) is 6.17. The van der Waals surface area contributed by atoms with Crippen molar-refractivity contribution in [3.05, 3.63) is 17.8 Å². The molecule has 104 valence electrons. The van der Waals surface area contributed by atoms with Crippen LogP contribution in [0.5, 0.6) is 0 Å². The third-order valence-corrected chi connectivity index (χ3v) is 2.64. The van der Waals surface area contributed by atoms with E-state index in [0.717, 1.165) is 0 Å². The Kier molecular flexibility index (Phi) is 5.72. The number of hydrogen-bond acceptors (Lipinski definition) is 5. The highest BCUT2D eigenvalue weighted by Crippen LogP contribution is 2.02. The Morgan fingerprint density at radius 2 is 1.95 bits per heavy atom. The average molecular weight is 266 g/mol. The predicted octanol–water partition coefficient (Wildman–Crippen LogP) is 0.845. The van der Waals surface area contributed by atoms with Gasteiger partial charge in [0.05, 0.1) is 0 Å². The van der Waals surface area contributed by atoms with Gasteiger partial charge < -0.3 is 15.3 Å². The zero-order valence-electron chi connectivity index (χ0n) is 11.1. The van der Waals surface area contributed by atoms with Gasteiger partial charge in [-0.25, -0.2) is 4.79 Å². The minimum Gasteiger partial charge on any atom is -0.476 e. The molecule has 0 saturated heterocycles. The van der Waals surface area contributed by atoms with Crippen molar-refractivity contribution in [2.45, 2.75) is 20.3 Å². The van der Waals surface area contributed by atoms with Gasteiger partial charge in [-0.2, -0.15) is 0 Å². The Bertz CT molecular complexity index is 429. The maximum absolute atomic E-state index is 11.7. The van der Waals surface area contributed by atoms with Crippen molar-refractivity contribution >= 4 is 17.7 Å². The summed E-state index contributed by atoms with van der Waals surface area (Å²) in [6, 6.07) is 2.89. The zero-order valence-corrected chi connectivity index (χ0v) is 11.1. The molecule has 0 unspecified atom stereocenters. The second-order valence-electron chi connectivity index (χ2n) is 3.85. The largest absolute Gasteiger partial charge is 0.476 e. The molecule has 0 aliphatic rings. The number of rotatable bonds is 7. The third kappa shape index (κ3) is 4.53. The van der Waals surface area contributed by atoms with Gasteiger partial charge in [-0.15, -0.1) is 10.2 Å². The number of aromatic carboxylic acids is 1. The van der Waals surface area contributed by atoms with Crippen molar-refractivity contribution in [3.63, 3.8) is 0 Å². The van der Waals surface area contributed by atoms with Crippen molar-refractivity contribution in [1.29, 1.82) is 0 Å². The van der Waals surface area contributed by atoms with Crippen LogP contribution >= 0.6 is 0 Å². The van der Waals surface area contributed by atoms with E-state index in [4.69, 9.17) is 5.11 Å². The maximum atomic E-state index is 11.7. The molecule has 0 aromatic carbocycles. The van der Waals surface area contributed by atoms with Gasteiger partial charge >= 0.3 is 5.97 Å². The number of hydrogen-bond donors (Lipinski definition) is 2. The highest BCUT2D eigenvalue weighted by Gasteiger charge is 2.09. The fraction of sp³-hybridized carbons (Fsp3) is 0.500. The summed E-state index contributed by atoms with van der Waals surface area (Å²) in [5, 5.41) is 18.8. The summed E-state index contributed by atoms with van der Waals surface area (Å²) < 4.78 is 0. The molecule has 0 bridgehead atoms. The van der Waals surface area contributed by atoms with Crippen LogP contribution in [0.4, 0.5) is 5.82 Å². The lowest BCUT2D eigenvalue weighted by atomic mass is 10.3. The molecule has 0 atom stereocenters. The Labute approximate surface area is 111 Å². The van der Waals surface area contributed by atoms with E-state index in [2.05, 4.69) is 15.5 Å². The smallest absolute Gasteiger partial charge is 0.356 e. The van der Waals surface area contributed by atoms with E-state index in [0.29, 0.717) is 31.9 Å². The van der Waals surface area contributed by atoms with Gasteiger partial charge in [-0.1, -0.05) is 0 Å². The SMILES string of the molecule is CCN(CC)C(=O)CCNc1ccc(C(=O)O)nn1. The molecule has 0 radical (unpaired) electrons. The van der Waals surface area contributed by atoms with Crippen molar-refractivity contribution in [1.82, 2.24) is 15.1 Å². The van der Waals surface area contributed by atoms with E-state index in [1.807, 2.05) is 13.8 Å². The highest BCUT2D eigenvalue weighted by atomic mass is 16.4. The van der Waals surface area contributed by atoms with Crippen LogP contribution in [0.15, 0.2) is 12.1 Å². The van der Waals surface area contributed by atoms with Crippen LogP contribution in [0.1, 0.15) is 30.8 Å². The van der Waals surface area contributed by atoms with Crippen LogP contribution < -0.4 is 5.32 Å². The summed E-state index contributed by atoms with van der Waals surface area (Å²) in [6.07, 6.45) is 0.365. The van der Waals surface area contributed by atoms with Crippen LogP contribution in [0.2, 0.25) is 0 Å². The fourth-order valence-electron chi connectivity index (χ4n) is 1.57. The van der Waals surface area contributed by atoms with Gasteiger partial charge in [0.25, 0.3) is 0 Å². The summed E-state index contributed by atoms with van der Waals surface area (Å²) in [7, 11) is 0. The first kappa shape index (κ1) is 14.9.